The number of hydrogen-bond acceptors (Lipinski definition) is 5. The lowest BCUT2D eigenvalue weighted by Crippen LogP contribution is -2.20. The quantitative estimate of drug-likeness (QED) is 0.450. The topological polar surface area (TPSA) is 77.2 Å². The van der Waals surface area contributed by atoms with Crippen molar-refractivity contribution in [2.75, 3.05) is 11.9 Å². The number of benzene rings is 3. The van der Waals surface area contributed by atoms with E-state index in [-0.39, 0.29) is 12.5 Å². The second-order valence-electron chi connectivity index (χ2n) is 6.88. The number of anilines is 1. The van der Waals surface area contributed by atoms with Crippen molar-refractivity contribution in [1.29, 1.82) is 0 Å². The van der Waals surface area contributed by atoms with Crippen LogP contribution in [0.2, 0.25) is 0 Å². The summed E-state index contributed by atoms with van der Waals surface area (Å²) in [5.74, 6) is 1.17. The number of ether oxygens (including phenoxy) is 1. The van der Waals surface area contributed by atoms with Gasteiger partial charge in [-0.3, -0.25) is 4.79 Å². The molecule has 0 unspecified atom stereocenters. The summed E-state index contributed by atoms with van der Waals surface area (Å²) in [6.07, 6.45) is 3.67. The van der Waals surface area contributed by atoms with E-state index in [0.29, 0.717) is 17.5 Å². The highest BCUT2D eigenvalue weighted by Crippen LogP contribution is 2.22. The van der Waals surface area contributed by atoms with Crippen LogP contribution >= 0.6 is 0 Å². The van der Waals surface area contributed by atoms with E-state index in [0.717, 1.165) is 22.4 Å². The van der Waals surface area contributed by atoms with Crippen molar-refractivity contribution in [1.82, 2.24) is 10.1 Å². The zero-order valence-electron chi connectivity index (χ0n) is 17.0. The third kappa shape index (κ3) is 5.45. The minimum Gasteiger partial charge on any atom is -0.484 e. The smallest absolute Gasteiger partial charge is 0.262 e. The number of para-hydroxylation sites is 1. The second-order valence-corrected chi connectivity index (χ2v) is 6.88. The predicted molar refractivity (Wildman–Crippen MR) is 120 cm³/mol. The number of hydrogen-bond donors (Lipinski definition) is 1. The molecule has 154 valence electrons. The molecule has 6 nitrogen and oxygen atoms in total. The Labute approximate surface area is 180 Å². The standard InChI is InChI=1S/C25H21N3O3/c1-18-8-5-6-13-22(18)26-23(29)17-30-21-12-7-11-20(16-21)25-27-24(31-28-25)15-14-19-9-3-2-4-10-19/h2-16H,17H2,1H3,(H,26,29). The number of nitrogens with zero attached hydrogens (tertiary/aromatic N) is 2. The summed E-state index contributed by atoms with van der Waals surface area (Å²) >= 11 is 0. The molecule has 1 aromatic heterocycles. The average Bonchev–Trinajstić information content (AvgIpc) is 3.28. The van der Waals surface area contributed by atoms with Crippen LogP contribution < -0.4 is 10.1 Å². The van der Waals surface area contributed by atoms with Gasteiger partial charge in [-0.05, 0) is 42.3 Å². The first-order valence-electron chi connectivity index (χ1n) is 9.83. The van der Waals surface area contributed by atoms with Crippen molar-refractivity contribution in [3.05, 3.63) is 95.9 Å². The first-order chi connectivity index (χ1) is 15.2. The van der Waals surface area contributed by atoms with Gasteiger partial charge in [0.25, 0.3) is 11.8 Å². The van der Waals surface area contributed by atoms with E-state index in [1.165, 1.54) is 0 Å². The molecule has 1 N–H and O–H groups in total. The number of nitrogens with one attached hydrogen (secondary N) is 1. The number of aromatic nitrogens is 2. The molecule has 0 spiro atoms. The number of carbonyl (C=O) groups excluding carboxylic acids is 1. The fraction of sp³-hybridized carbons (Fsp3) is 0.0800. The molecular formula is C25H21N3O3. The summed E-state index contributed by atoms with van der Waals surface area (Å²) in [6, 6.07) is 24.7. The highest BCUT2D eigenvalue weighted by molar-refractivity contribution is 5.92. The third-order valence-corrected chi connectivity index (χ3v) is 4.54. The normalized spacial score (nSPS) is 10.9. The molecule has 1 heterocycles. The van der Waals surface area contributed by atoms with Crippen molar-refractivity contribution in [2.45, 2.75) is 6.92 Å². The maximum atomic E-state index is 12.2. The SMILES string of the molecule is Cc1ccccc1NC(=O)COc1cccc(-c2noc(C=Cc3ccccc3)n2)c1. The largest absolute Gasteiger partial charge is 0.484 e. The summed E-state index contributed by atoms with van der Waals surface area (Å²) in [7, 11) is 0. The van der Waals surface area contributed by atoms with Gasteiger partial charge in [-0.2, -0.15) is 4.98 Å². The number of carbonyl (C=O) groups is 1. The van der Waals surface area contributed by atoms with Crippen molar-refractivity contribution in [3.8, 4) is 17.1 Å². The molecule has 0 aliphatic carbocycles. The van der Waals surface area contributed by atoms with Crippen LogP contribution in [0.4, 0.5) is 5.69 Å². The first kappa shape index (κ1) is 20.1. The van der Waals surface area contributed by atoms with Crippen LogP contribution in [-0.2, 0) is 4.79 Å². The van der Waals surface area contributed by atoms with Crippen LogP contribution in [0.15, 0.2) is 83.4 Å². The van der Waals surface area contributed by atoms with Gasteiger partial charge in [0.1, 0.15) is 5.75 Å². The van der Waals surface area contributed by atoms with Gasteiger partial charge >= 0.3 is 0 Å². The van der Waals surface area contributed by atoms with Gasteiger partial charge in [0.05, 0.1) is 0 Å². The summed E-state index contributed by atoms with van der Waals surface area (Å²) in [5, 5.41) is 6.87. The van der Waals surface area contributed by atoms with Crippen molar-refractivity contribution < 1.29 is 14.1 Å². The number of aryl methyl sites for hydroxylation is 1. The van der Waals surface area contributed by atoms with Gasteiger partial charge in [0.15, 0.2) is 6.61 Å². The van der Waals surface area contributed by atoms with Crippen LogP contribution in [-0.4, -0.2) is 22.7 Å². The maximum absolute atomic E-state index is 12.2. The molecule has 0 aliphatic rings. The van der Waals surface area contributed by atoms with Gasteiger partial charge in [0.2, 0.25) is 5.82 Å². The van der Waals surface area contributed by atoms with Crippen LogP contribution in [0.25, 0.3) is 23.5 Å². The first-order valence-corrected chi connectivity index (χ1v) is 9.83. The minimum atomic E-state index is -0.229. The highest BCUT2D eigenvalue weighted by atomic mass is 16.5. The van der Waals surface area contributed by atoms with Gasteiger partial charge in [0, 0.05) is 17.3 Å². The highest BCUT2D eigenvalue weighted by Gasteiger charge is 2.09. The van der Waals surface area contributed by atoms with Crippen LogP contribution in [0.5, 0.6) is 5.75 Å². The molecule has 0 bridgehead atoms. The summed E-state index contributed by atoms with van der Waals surface area (Å²) < 4.78 is 10.9. The molecule has 4 aromatic rings. The van der Waals surface area contributed by atoms with Gasteiger partial charge in [-0.1, -0.05) is 65.8 Å². The van der Waals surface area contributed by atoms with E-state index in [1.54, 1.807) is 18.2 Å². The summed E-state index contributed by atoms with van der Waals surface area (Å²) in [6.45, 7) is 1.84. The van der Waals surface area contributed by atoms with E-state index < -0.39 is 0 Å². The molecule has 0 fully saturated rings. The Hall–Kier alpha value is -4.19. The van der Waals surface area contributed by atoms with E-state index in [2.05, 4.69) is 15.5 Å². The van der Waals surface area contributed by atoms with Gasteiger partial charge in [-0.15, -0.1) is 0 Å². The fourth-order valence-electron chi connectivity index (χ4n) is 2.93. The van der Waals surface area contributed by atoms with E-state index in [9.17, 15) is 4.79 Å². The summed E-state index contributed by atoms with van der Waals surface area (Å²) in [4.78, 5) is 16.6. The molecule has 0 atom stereocenters. The maximum Gasteiger partial charge on any atom is 0.262 e. The lowest BCUT2D eigenvalue weighted by Gasteiger charge is -2.09. The van der Waals surface area contributed by atoms with E-state index in [1.807, 2.05) is 79.7 Å². The zero-order valence-corrected chi connectivity index (χ0v) is 17.0. The Morgan fingerprint density at radius 1 is 1.00 bits per heavy atom. The lowest BCUT2D eigenvalue weighted by molar-refractivity contribution is -0.118. The summed E-state index contributed by atoms with van der Waals surface area (Å²) in [5.41, 5.74) is 3.54. The van der Waals surface area contributed by atoms with Crippen LogP contribution in [0.1, 0.15) is 17.0 Å². The van der Waals surface area contributed by atoms with E-state index in [4.69, 9.17) is 9.26 Å². The molecule has 0 radical (unpaired) electrons. The molecular weight excluding hydrogens is 390 g/mol. The Bertz CT molecular complexity index is 1200. The Morgan fingerprint density at radius 3 is 2.65 bits per heavy atom. The second kappa shape index (κ2) is 9.54. The Kier molecular flexibility index (Phi) is 6.18. The average molecular weight is 411 g/mol. The van der Waals surface area contributed by atoms with Crippen LogP contribution in [0, 0.1) is 6.92 Å². The Morgan fingerprint density at radius 2 is 1.81 bits per heavy atom. The predicted octanol–water partition coefficient (Wildman–Crippen LogP) is 5.23. The van der Waals surface area contributed by atoms with E-state index >= 15 is 0 Å². The van der Waals surface area contributed by atoms with Crippen molar-refractivity contribution in [2.24, 2.45) is 0 Å². The number of amides is 1. The molecule has 31 heavy (non-hydrogen) atoms. The molecule has 4 rings (SSSR count). The van der Waals surface area contributed by atoms with Gasteiger partial charge < -0.3 is 14.6 Å². The number of rotatable bonds is 7. The molecule has 6 heteroatoms. The molecule has 3 aromatic carbocycles. The molecule has 0 saturated carbocycles. The lowest BCUT2D eigenvalue weighted by atomic mass is 10.2. The zero-order chi connectivity index (χ0) is 21.5. The minimum absolute atomic E-state index is 0.102. The molecule has 0 aliphatic heterocycles. The molecule has 0 saturated heterocycles. The van der Waals surface area contributed by atoms with Crippen LogP contribution in [0.3, 0.4) is 0 Å². The van der Waals surface area contributed by atoms with Crippen molar-refractivity contribution >= 4 is 23.7 Å². The van der Waals surface area contributed by atoms with Crippen molar-refractivity contribution in [3.63, 3.8) is 0 Å². The van der Waals surface area contributed by atoms with Gasteiger partial charge in [-0.25, -0.2) is 0 Å². The molecule has 1 amide bonds. The monoisotopic (exact) mass is 411 g/mol. The third-order valence-electron chi connectivity index (χ3n) is 4.54. The Balaban J connectivity index is 1.38. The fourth-order valence-corrected chi connectivity index (χ4v) is 2.93.